The minimum absolute atomic E-state index is 0.387. The van der Waals surface area contributed by atoms with Crippen molar-refractivity contribution in [2.75, 3.05) is 12.4 Å². The molecule has 2 aromatic rings. The molecule has 1 heterocycles. The molecule has 0 aliphatic heterocycles. The summed E-state index contributed by atoms with van der Waals surface area (Å²) in [5, 5.41) is 2.78. The quantitative estimate of drug-likeness (QED) is 0.774. The SMILES string of the molecule is COc1ccc(C)cc1NC(=O)[C@@H](C)OC(=O)c1cc2c(s1)CC[C@H](C)C2. The van der Waals surface area contributed by atoms with Crippen LogP contribution in [0.15, 0.2) is 24.3 Å². The van der Waals surface area contributed by atoms with E-state index in [0.717, 1.165) is 24.8 Å². The number of ether oxygens (including phenoxy) is 2. The van der Waals surface area contributed by atoms with E-state index in [2.05, 4.69) is 12.2 Å². The largest absolute Gasteiger partial charge is 0.495 e. The molecule has 0 unspecified atom stereocenters. The van der Waals surface area contributed by atoms with Crippen LogP contribution in [0.3, 0.4) is 0 Å². The van der Waals surface area contributed by atoms with Crippen LogP contribution in [0.4, 0.5) is 5.69 Å². The third-order valence-electron chi connectivity index (χ3n) is 4.80. The molecule has 0 saturated heterocycles. The predicted molar refractivity (Wildman–Crippen MR) is 107 cm³/mol. The fourth-order valence-corrected chi connectivity index (χ4v) is 4.32. The van der Waals surface area contributed by atoms with Crippen molar-refractivity contribution in [3.63, 3.8) is 0 Å². The molecule has 1 N–H and O–H groups in total. The summed E-state index contributed by atoms with van der Waals surface area (Å²) in [5.74, 6) is 0.376. The van der Waals surface area contributed by atoms with Crippen LogP contribution in [0, 0.1) is 12.8 Å². The normalized spacial score (nSPS) is 17.0. The van der Waals surface area contributed by atoms with Gasteiger partial charge in [0.25, 0.3) is 5.91 Å². The van der Waals surface area contributed by atoms with Crippen molar-refractivity contribution in [1.29, 1.82) is 0 Å². The van der Waals surface area contributed by atoms with Gasteiger partial charge in [-0.05, 0) is 68.4 Å². The Hall–Kier alpha value is -2.34. The van der Waals surface area contributed by atoms with E-state index < -0.39 is 12.1 Å². The van der Waals surface area contributed by atoms with Crippen LogP contribution in [0.2, 0.25) is 0 Å². The summed E-state index contributed by atoms with van der Waals surface area (Å²) in [6, 6.07) is 7.43. The number of carbonyl (C=O) groups is 2. The zero-order valence-electron chi connectivity index (χ0n) is 16.1. The summed E-state index contributed by atoms with van der Waals surface area (Å²) in [7, 11) is 1.54. The number of amides is 1. The van der Waals surface area contributed by atoms with E-state index in [-0.39, 0.29) is 5.91 Å². The smallest absolute Gasteiger partial charge is 0.349 e. The van der Waals surface area contributed by atoms with Crippen LogP contribution in [0.5, 0.6) is 5.75 Å². The molecule has 1 aromatic heterocycles. The Balaban J connectivity index is 1.65. The Morgan fingerprint density at radius 1 is 1.30 bits per heavy atom. The van der Waals surface area contributed by atoms with Crippen molar-refractivity contribution < 1.29 is 19.1 Å². The number of methoxy groups -OCH3 is 1. The van der Waals surface area contributed by atoms with Gasteiger partial charge in [0.1, 0.15) is 10.6 Å². The lowest BCUT2D eigenvalue weighted by molar-refractivity contribution is -0.123. The predicted octanol–water partition coefficient (Wildman–Crippen LogP) is 4.37. The Bertz CT molecular complexity index is 858. The van der Waals surface area contributed by atoms with Crippen molar-refractivity contribution in [2.45, 2.75) is 46.1 Å². The summed E-state index contributed by atoms with van der Waals surface area (Å²) < 4.78 is 10.7. The van der Waals surface area contributed by atoms with Crippen LogP contribution in [-0.2, 0) is 22.4 Å². The topological polar surface area (TPSA) is 64.6 Å². The van der Waals surface area contributed by atoms with Gasteiger partial charge in [-0.2, -0.15) is 0 Å². The first-order valence-electron chi connectivity index (χ1n) is 9.15. The molecular formula is C21H25NO4S. The number of aryl methyl sites for hydroxylation is 2. The highest BCUT2D eigenvalue weighted by Crippen LogP contribution is 2.32. The van der Waals surface area contributed by atoms with Gasteiger partial charge in [-0.25, -0.2) is 4.79 Å². The Morgan fingerprint density at radius 2 is 2.07 bits per heavy atom. The van der Waals surface area contributed by atoms with Gasteiger partial charge in [-0.3, -0.25) is 4.79 Å². The molecule has 2 atom stereocenters. The average molecular weight is 388 g/mol. The summed E-state index contributed by atoms with van der Waals surface area (Å²) >= 11 is 1.48. The van der Waals surface area contributed by atoms with Gasteiger partial charge in [0.2, 0.25) is 0 Å². The summed E-state index contributed by atoms with van der Waals surface area (Å²) in [5.41, 5.74) is 2.80. The number of nitrogens with one attached hydrogen (secondary N) is 1. The minimum atomic E-state index is -0.902. The van der Waals surface area contributed by atoms with Gasteiger partial charge in [-0.1, -0.05) is 13.0 Å². The maximum Gasteiger partial charge on any atom is 0.349 e. The Labute approximate surface area is 163 Å². The third-order valence-corrected chi connectivity index (χ3v) is 6.01. The molecule has 1 aliphatic rings. The molecule has 144 valence electrons. The molecule has 0 saturated carbocycles. The number of benzene rings is 1. The van der Waals surface area contributed by atoms with E-state index in [0.29, 0.717) is 22.2 Å². The molecule has 0 fully saturated rings. The van der Waals surface area contributed by atoms with Crippen LogP contribution in [-0.4, -0.2) is 25.1 Å². The second-order valence-electron chi connectivity index (χ2n) is 7.15. The van der Waals surface area contributed by atoms with E-state index >= 15 is 0 Å². The first kappa shape index (κ1) is 19.4. The van der Waals surface area contributed by atoms with E-state index in [1.165, 1.54) is 21.8 Å². The molecule has 5 nitrogen and oxygen atoms in total. The number of hydrogen-bond donors (Lipinski definition) is 1. The maximum atomic E-state index is 12.5. The summed E-state index contributed by atoms with van der Waals surface area (Å²) in [4.78, 5) is 26.8. The first-order valence-corrected chi connectivity index (χ1v) is 9.97. The highest BCUT2D eigenvalue weighted by atomic mass is 32.1. The highest BCUT2D eigenvalue weighted by molar-refractivity contribution is 7.14. The van der Waals surface area contributed by atoms with Crippen molar-refractivity contribution in [3.05, 3.63) is 45.1 Å². The number of hydrogen-bond acceptors (Lipinski definition) is 5. The lowest BCUT2D eigenvalue weighted by Crippen LogP contribution is -2.30. The molecule has 1 amide bonds. The first-order chi connectivity index (χ1) is 12.9. The Morgan fingerprint density at radius 3 is 2.81 bits per heavy atom. The van der Waals surface area contributed by atoms with Gasteiger partial charge in [0.05, 0.1) is 12.8 Å². The van der Waals surface area contributed by atoms with Crippen LogP contribution in [0.1, 0.15) is 45.9 Å². The zero-order valence-corrected chi connectivity index (χ0v) is 16.9. The summed E-state index contributed by atoms with van der Waals surface area (Å²) in [6.45, 7) is 5.73. The van der Waals surface area contributed by atoms with Crippen molar-refractivity contribution in [3.8, 4) is 5.75 Å². The molecular weight excluding hydrogens is 362 g/mol. The van der Waals surface area contributed by atoms with Crippen LogP contribution >= 0.6 is 11.3 Å². The van der Waals surface area contributed by atoms with E-state index in [9.17, 15) is 9.59 Å². The van der Waals surface area contributed by atoms with Gasteiger partial charge in [0.15, 0.2) is 6.10 Å². The van der Waals surface area contributed by atoms with Crippen molar-refractivity contribution >= 4 is 28.9 Å². The maximum absolute atomic E-state index is 12.5. The Kier molecular flexibility index (Phi) is 5.85. The molecule has 0 spiro atoms. The monoisotopic (exact) mass is 387 g/mol. The number of rotatable bonds is 5. The molecule has 3 rings (SSSR count). The fraction of sp³-hybridized carbons (Fsp3) is 0.429. The minimum Gasteiger partial charge on any atom is -0.495 e. The molecule has 6 heteroatoms. The zero-order chi connectivity index (χ0) is 19.6. The van der Waals surface area contributed by atoms with Gasteiger partial charge >= 0.3 is 5.97 Å². The van der Waals surface area contributed by atoms with Crippen molar-refractivity contribution in [1.82, 2.24) is 0 Å². The number of anilines is 1. The standard InChI is InChI=1S/C21H25NO4S/c1-12-6-8-18-15(9-12)11-19(27-18)21(24)26-14(3)20(23)22-16-10-13(2)5-7-17(16)25-4/h5,7,10-12,14H,6,8-9H2,1-4H3,(H,22,23)/t12-,14+/m0/s1. The average Bonchev–Trinajstić information content (AvgIpc) is 3.05. The number of esters is 1. The number of fused-ring (bicyclic) bond motifs is 1. The molecule has 0 radical (unpaired) electrons. The van der Waals surface area contributed by atoms with E-state index in [1.807, 2.05) is 25.1 Å². The van der Waals surface area contributed by atoms with Crippen molar-refractivity contribution in [2.24, 2.45) is 5.92 Å². The van der Waals surface area contributed by atoms with Gasteiger partial charge in [0, 0.05) is 4.88 Å². The van der Waals surface area contributed by atoms with Gasteiger partial charge < -0.3 is 14.8 Å². The van der Waals surface area contributed by atoms with E-state index in [4.69, 9.17) is 9.47 Å². The molecule has 1 aliphatic carbocycles. The highest BCUT2D eigenvalue weighted by Gasteiger charge is 2.24. The lowest BCUT2D eigenvalue weighted by atomic mass is 9.90. The van der Waals surface area contributed by atoms with Gasteiger partial charge in [-0.15, -0.1) is 11.3 Å². The third kappa shape index (κ3) is 4.50. The fourth-order valence-electron chi connectivity index (χ4n) is 3.23. The molecule has 1 aromatic carbocycles. The summed E-state index contributed by atoms with van der Waals surface area (Å²) in [6.07, 6.45) is 2.26. The number of carbonyl (C=O) groups excluding carboxylic acids is 2. The molecule has 0 bridgehead atoms. The second-order valence-corrected chi connectivity index (χ2v) is 8.28. The lowest BCUT2D eigenvalue weighted by Gasteiger charge is -2.16. The van der Waals surface area contributed by atoms with E-state index in [1.54, 1.807) is 20.1 Å². The second kappa shape index (κ2) is 8.13. The van der Waals surface area contributed by atoms with Crippen LogP contribution < -0.4 is 10.1 Å². The number of thiophene rings is 1. The molecule has 27 heavy (non-hydrogen) atoms. The van der Waals surface area contributed by atoms with Crippen LogP contribution in [0.25, 0.3) is 0 Å².